The first kappa shape index (κ1) is 19.6. The van der Waals surface area contributed by atoms with E-state index >= 15 is 0 Å². The van der Waals surface area contributed by atoms with Gasteiger partial charge >= 0.3 is 15.6 Å². The van der Waals surface area contributed by atoms with Gasteiger partial charge in [-0.2, -0.15) is 21.6 Å². The van der Waals surface area contributed by atoms with Crippen molar-refractivity contribution < 1.29 is 25.8 Å². The van der Waals surface area contributed by atoms with E-state index in [0.29, 0.717) is 16.2 Å². The Morgan fingerprint density at radius 3 is 2.59 bits per heavy atom. The molecule has 4 nitrogen and oxygen atoms in total. The zero-order valence-electron chi connectivity index (χ0n) is 14.4. The maximum absolute atomic E-state index is 12.9. The maximum Gasteiger partial charge on any atom is 0.534 e. The molecule has 0 saturated carbocycles. The number of nitrogens with zero attached hydrogens (tertiary/aromatic N) is 1. The van der Waals surface area contributed by atoms with Gasteiger partial charge in [0.05, 0.1) is 11.4 Å². The molecule has 0 fully saturated rings. The van der Waals surface area contributed by atoms with Crippen molar-refractivity contribution in [2.75, 3.05) is 0 Å². The first-order valence-electron chi connectivity index (χ1n) is 7.96. The molecule has 2 aliphatic rings. The average molecular weight is 415 g/mol. The highest BCUT2D eigenvalue weighted by atomic mass is 32.2. The van der Waals surface area contributed by atoms with Gasteiger partial charge in [0.15, 0.2) is 5.76 Å². The van der Waals surface area contributed by atoms with Gasteiger partial charge in [0.2, 0.25) is 0 Å². The molecule has 0 spiro atoms. The summed E-state index contributed by atoms with van der Waals surface area (Å²) < 4.78 is 68.0. The molecule has 0 bridgehead atoms. The Balaban J connectivity index is 2.10. The van der Waals surface area contributed by atoms with E-state index in [1.807, 2.05) is 31.2 Å². The minimum atomic E-state index is -5.79. The van der Waals surface area contributed by atoms with E-state index in [1.165, 1.54) is 24.9 Å². The highest BCUT2D eigenvalue weighted by Crippen LogP contribution is 2.45. The molecule has 9 heteroatoms. The van der Waals surface area contributed by atoms with Crippen molar-refractivity contribution in [1.82, 2.24) is 4.31 Å². The minimum Gasteiger partial charge on any atom is -0.373 e. The predicted molar refractivity (Wildman–Crippen MR) is 98.3 cm³/mol. The molecule has 0 aromatic heterocycles. The summed E-state index contributed by atoms with van der Waals surface area (Å²) >= 11 is 1.29. The van der Waals surface area contributed by atoms with Crippen LogP contribution in [0.25, 0.3) is 5.76 Å². The van der Waals surface area contributed by atoms with Crippen LogP contribution in [0.15, 0.2) is 70.9 Å². The summed E-state index contributed by atoms with van der Waals surface area (Å²) in [6.45, 7) is 3.52. The summed E-state index contributed by atoms with van der Waals surface area (Å²) in [5, 5.41) is 0. The first-order chi connectivity index (χ1) is 12.6. The average Bonchev–Trinajstić information content (AvgIpc) is 2.80. The Morgan fingerprint density at radius 1 is 1.19 bits per heavy atom. The number of alkyl halides is 3. The molecule has 0 N–H and O–H groups in total. The van der Waals surface area contributed by atoms with E-state index in [9.17, 15) is 21.6 Å². The summed E-state index contributed by atoms with van der Waals surface area (Å²) in [5.41, 5.74) is -4.26. The third-order valence-electron chi connectivity index (χ3n) is 3.92. The van der Waals surface area contributed by atoms with Crippen molar-refractivity contribution in [2.24, 2.45) is 5.92 Å². The van der Waals surface area contributed by atoms with Crippen LogP contribution in [0.2, 0.25) is 0 Å². The van der Waals surface area contributed by atoms with E-state index in [1.54, 1.807) is 28.6 Å². The fourth-order valence-corrected chi connectivity index (χ4v) is 4.10. The summed E-state index contributed by atoms with van der Waals surface area (Å²) in [6.07, 6.45) is 9.40. The largest absolute Gasteiger partial charge is 0.534 e. The number of hydrogen-bond acceptors (Lipinski definition) is 5. The van der Waals surface area contributed by atoms with E-state index in [-0.39, 0.29) is 17.4 Å². The predicted octanol–water partition coefficient (Wildman–Crippen LogP) is 5.21. The van der Waals surface area contributed by atoms with Crippen LogP contribution in [0.3, 0.4) is 0 Å². The van der Waals surface area contributed by atoms with Gasteiger partial charge in [-0.25, -0.2) is 0 Å². The Hall–Kier alpha value is -2.13. The summed E-state index contributed by atoms with van der Waals surface area (Å²) in [6, 6.07) is 6.56. The molecule has 0 radical (unpaired) electrons. The lowest BCUT2D eigenvalue weighted by Gasteiger charge is -2.32. The normalized spacial score (nSPS) is 20.3. The Labute approximate surface area is 160 Å². The monoisotopic (exact) mass is 415 g/mol. The molecule has 1 aromatic carbocycles. The second-order valence-corrected chi connectivity index (χ2v) is 8.50. The van der Waals surface area contributed by atoms with Gasteiger partial charge in [0.1, 0.15) is 0 Å². The number of fused-ring (bicyclic) bond motifs is 1. The van der Waals surface area contributed by atoms with E-state index in [4.69, 9.17) is 0 Å². The number of allylic oxidation sites excluding steroid dienone is 6. The Kier molecular flexibility index (Phi) is 5.18. The Bertz CT molecular complexity index is 976. The van der Waals surface area contributed by atoms with Gasteiger partial charge < -0.3 is 4.18 Å². The highest BCUT2D eigenvalue weighted by Gasteiger charge is 2.49. The molecule has 1 aliphatic carbocycles. The molecule has 1 unspecified atom stereocenters. The van der Waals surface area contributed by atoms with Crippen molar-refractivity contribution in [3.8, 4) is 0 Å². The van der Waals surface area contributed by atoms with Crippen molar-refractivity contribution in [3.63, 3.8) is 0 Å². The van der Waals surface area contributed by atoms with Gasteiger partial charge in [-0.05, 0) is 49.1 Å². The third kappa shape index (κ3) is 3.93. The SMILES string of the molecule is CC1=C(OS(=O)(=O)C(F)(F)F)c2ccccc2SN1C1=CC=CC(C)C=C1. The van der Waals surface area contributed by atoms with Gasteiger partial charge in [-0.15, -0.1) is 0 Å². The minimum absolute atomic E-state index is 0.200. The number of benzene rings is 1. The van der Waals surface area contributed by atoms with Gasteiger partial charge in [-0.1, -0.05) is 37.3 Å². The topological polar surface area (TPSA) is 46.6 Å². The quantitative estimate of drug-likeness (QED) is 0.385. The van der Waals surface area contributed by atoms with E-state index in [2.05, 4.69) is 4.18 Å². The van der Waals surface area contributed by atoms with Gasteiger partial charge in [-0.3, -0.25) is 4.31 Å². The fourth-order valence-electron chi connectivity index (χ4n) is 2.53. The zero-order chi connectivity index (χ0) is 19.8. The highest BCUT2D eigenvalue weighted by molar-refractivity contribution is 7.97. The molecule has 0 saturated heterocycles. The maximum atomic E-state index is 12.9. The zero-order valence-corrected chi connectivity index (χ0v) is 16.0. The van der Waals surface area contributed by atoms with Crippen molar-refractivity contribution >= 4 is 27.8 Å². The first-order valence-corrected chi connectivity index (χ1v) is 10.1. The molecule has 144 valence electrons. The van der Waals surface area contributed by atoms with Crippen molar-refractivity contribution in [1.29, 1.82) is 0 Å². The summed E-state index contributed by atoms with van der Waals surface area (Å²) in [5.74, 6) is -0.135. The smallest absolute Gasteiger partial charge is 0.373 e. The second-order valence-electron chi connectivity index (χ2n) is 5.97. The molecule has 3 rings (SSSR count). The summed E-state index contributed by atoms with van der Waals surface area (Å²) in [7, 11) is -5.79. The number of hydrogen-bond donors (Lipinski definition) is 0. The van der Waals surface area contributed by atoms with Crippen LogP contribution in [0.1, 0.15) is 19.4 Å². The molecule has 0 amide bonds. The third-order valence-corrected chi connectivity index (χ3v) is 6.09. The molecule has 1 heterocycles. The number of rotatable bonds is 3. The molecular weight excluding hydrogens is 399 g/mol. The standard InChI is InChI=1S/C18H16F3NO3S2/c1-12-6-5-7-14(11-10-12)22-13(2)17(25-27(23,24)18(19,20)21)15-8-3-4-9-16(15)26-22/h3-12H,1-2H3. The Morgan fingerprint density at radius 2 is 1.89 bits per heavy atom. The van der Waals surface area contributed by atoms with Crippen LogP contribution in [-0.4, -0.2) is 18.2 Å². The van der Waals surface area contributed by atoms with E-state index < -0.39 is 15.6 Å². The van der Waals surface area contributed by atoms with Crippen LogP contribution >= 0.6 is 11.9 Å². The van der Waals surface area contributed by atoms with Gasteiger partial charge in [0.25, 0.3) is 0 Å². The second kappa shape index (κ2) is 7.12. The van der Waals surface area contributed by atoms with Crippen LogP contribution in [-0.2, 0) is 14.3 Å². The van der Waals surface area contributed by atoms with Crippen LogP contribution in [0.5, 0.6) is 0 Å². The molecule has 27 heavy (non-hydrogen) atoms. The molecule has 1 aliphatic heterocycles. The van der Waals surface area contributed by atoms with Crippen molar-refractivity contribution in [2.45, 2.75) is 24.3 Å². The van der Waals surface area contributed by atoms with E-state index in [0.717, 1.165) is 0 Å². The molecular formula is C18H16F3NO3S2. The lowest BCUT2D eigenvalue weighted by Crippen LogP contribution is -2.27. The lowest BCUT2D eigenvalue weighted by molar-refractivity contribution is -0.0509. The molecule has 1 aromatic rings. The lowest BCUT2D eigenvalue weighted by atomic mass is 10.1. The van der Waals surface area contributed by atoms with Crippen LogP contribution < -0.4 is 0 Å². The summed E-state index contributed by atoms with van der Waals surface area (Å²) in [4.78, 5) is 0.589. The fraction of sp³-hybridized carbons (Fsp3) is 0.222. The van der Waals surface area contributed by atoms with Crippen LogP contribution in [0, 0.1) is 5.92 Å². The number of halogens is 3. The molecule has 1 atom stereocenters. The van der Waals surface area contributed by atoms with Crippen molar-refractivity contribution in [3.05, 3.63) is 71.6 Å². The van der Waals surface area contributed by atoms with Gasteiger partial charge in [0, 0.05) is 10.5 Å². The van der Waals surface area contributed by atoms with Crippen LogP contribution in [0.4, 0.5) is 13.2 Å².